The number of esters is 1. The Morgan fingerprint density at radius 1 is 1.12 bits per heavy atom. The number of carbonyl (C=O) groups excluding carboxylic acids is 2. The van der Waals surface area contributed by atoms with Gasteiger partial charge in [-0.1, -0.05) is 50.5 Å². The van der Waals surface area contributed by atoms with Gasteiger partial charge in [0, 0.05) is 18.4 Å². The third-order valence-electron chi connectivity index (χ3n) is 4.21. The van der Waals surface area contributed by atoms with Crippen LogP contribution in [-0.4, -0.2) is 18.4 Å². The summed E-state index contributed by atoms with van der Waals surface area (Å²) >= 11 is 0. The maximum atomic E-state index is 11.9. The molecule has 0 N–H and O–H groups in total. The van der Waals surface area contributed by atoms with Crippen LogP contribution in [0.15, 0.2) is 36.0 Å². The SMILES string of the molecule is CCCCCCC=C1C(=O)C=CC1CC=CCCCCOC(C)=O. The minimum atomic E-state index is -0.211. The summed E-state index contributed by atoms with van der Waals surface area (Å²) in [6.07, 6.45) is 20.0. The van der Waals surface area contributed by atoms with Crippen LogP contribution in [0.3, 0.4) is 0 Å². The van der Waals surface area contributed by atoms with Crippen molar-refractivity contribution in [2.75, 3.05) is 6.61 Å². The molecule has 134 valence electrons. The molecule has 0 radical (unpaired) electrons. The van der Waals surface area contributed by atoms with Gasteiger partial charge in [0.05, 0.1) is 6.61 Å². The number of hydrogen-bond donors (Lipinski definition) is 0. The normalized spacial score (nSPS) is 18.8. The Kier molecular flexibility index (Phi) is 10.8. The molecule has 0 saturated heterocycles. The third kappa shape index (κ3) is 8.85. The molecule has 1 aliphatic rings. The Morgan fingerprint density at radius 2 is 1.92 bits per heavy atom. The number of hydrogen-bond acceptors (Lipinski definition) is 3. The van der Waals surface area contributed by atoms with E-state index in [1.165, 1.54) is 32.6 Å². The van der Waals surface area contributed by atoms with Gasteiger partial charge in [-0.3, -0.25) is 9.59 Å². The van der Waals surface area contributed by atoms with E-state index < -0.39 is 0 Å². The largest absolute Gasteiger partial charge is 0.466 e. The van der Waals surface area contributed by atoms with Crippen LogP contribution in [0.5, 0.6) is 0 Å². The summed E-state index contributed by atoms with van der Waals surface area (Å²) in [7, 11) is 0. The molecule has 0 bridgehead atoms. The van der Waals surface area contributed by atoms with Gasteiger partial charge >= 0.3 is 5.97 Å². The molecule has 0 amide bonds. The summed E-state index contributed by atoms with van der Waals surface area (Å²) < 4.78 is 4.90. The summed E-state index contributed by atoms with van der Waals surface area (Å²) in [5.41, 5.74) is 0.978. The summed E-state index contributed by atoms with van der Waals surface area (Å²) in [5.74, 6) is 0.225. The van der Waals surface area contributed by atoms with Crippen molar-refractivity contribution in [3.63, 3.8) is 0 Å². The minimum absolute atomic E-state index is 0.185. The van der Waals surface area contributed by atoms with Crippen molar-refractivity contribution in [2.24, 2.45) is 5.92 Å². The molecule has 0 saturated carbocycles. The minimum Gasteiger partial charge on any atom is -0.466 e. The van der Waals surface area contributed by atoms with Crippen LogP contribution in [0.1, 0.15) is 71.6 Å². The van der Waals surface area contributed by atoms with Crippen LogP contribution >= 0.6 is 0 Å². The van der Waals surface area contributed by atoms with E-state index in [1.54, 1.807) is 6.08 Å². The molecule has 1 atom stereocenters. The first-order chi connectivity index (χ1) is 11.6. The van der Waals surface area contributed by atoms with Crippen molar-refractivity contribution < 1.29 is 14.3 Å². The second kappa shape index (κ2) is 12.7. The lowest BCUT2D eigenvalue weighted by atomic mass is 9.96. The Hall–Kier alpha value is -1.64. The fourth-order valence-electron chi connectivity index (χ4n) is 2.81. The maximum Gasteiger partial charge on any atom is 0.302 e. The maximum absolute atomic E-state index is 11.9. The molecule has 0 aromatic carbocycles. The number of unbranched alkanes of at least 4 members (excludes halogenated alkanes) is 6. The van der Waals surface area contributed by atoms with E-state index in [1.807, 2.05) is 6.08 Å². The van der Waals surface area contributed by atoms with E-state index >= 15 is 0 Å². The highest BCUT2D eigenvalue weighted by atomic mass is 16.5. The topological polar surface area (TPSA) is 43.4 Å². The van der Waals surface area contributed by atoms with Gasteiger partial charge in [-0.2, -0.15) is 0 Å². The number of ether oxygens (including phenoxy) is 1. The molecule has 0 aromatic heterocycles. The predicted octanol–water partition coefficient (Wildman–Crippen LogP) is 5.32. The lowest BCUT2D eigenvalue weighted by Gasteiger charge is -2.07. The van der Waals surface area contributed by atoms with Crippen LogP contribution in [0.2, 0.25) is 0 Å². The molecular weight excluding hydrogens is 300 g/mol. The molecule has 0 aliphatic heterocycles. The van der Waals surface area contributed by atoms with Crippen molar-refractivity contribution in [2.45, 2.75) is 71.6 Å². The molecule has 0 fully saturated rings. The Labute approximate surface area is 146 Å². The first-order valence-corrected chi connectivity index (χ1v) is 9.36. The van der Waals surface area contributed by atoms with E-state index in [9.17, 15) is 9.59 Å². The second-order valence-corrected chi connectivity index (χ2v) is 6.38. The van der Waals surface area contributed by atoms with E-state index in [4.69, 9.17) is 4.74 Å². The van der Waals surface area contributed by atoms with Crippen molar-refractivity contribution in [1.82, 2.24) is 0 Å². The van der Waals surface area contributed by atoms with E-state index in [2.05, 4.69) is 25.2 Å². The highest BCUT2D eigenvalue weighted by Crippen LogP contribution is 2.26. The summed E-state index contributed by atoms with van der Waals surface area (Å²) in [4.78, 5) is 22.6. The second-order valence-electron chi connectivity index (χ2n) is 6.38. The zero-order chi connectivity index (χ0) is 17.6. The van der Waals surface area contributed by atoms with Crippen molar-refractivity contribution >= 4 is 11.8 Å². The first kappa shape index (κ1) is 20.4. The van der Waals surface area contributed by atoms with Crippen LogP contribution in [-0.2, 0) is 14.3 Å². The molecule has 3 nitrogen and oxygen atoms in total. The van der Waals surface area contributed by atoms with Crippen LogP contribution < -0.4 is 0 Å². The van der Waals surface area contributed by atoms with E-state index in [0.29, 0.717) is 6.61 Å². The van der Waals surface area contributed by atoms with Gasteiger partial charge in [0.15, 0.2) is 5.78 Å². The van der Waals surface area contributed by atoms with Gasteiger partial charge in [-0.05, 0) is 44.6 Å². The lowest BCUT2D eigenvalue weighted by Crippen LogP contribution is -2.02. The third-order valence-corrected chi connectivity index (χ3v) is 4.21. The van der Waals surface area contributed by atoms with Crippen molar-refractivity contribution in [3.05, 3.63) is 36.0 Å². The smallest absolute Gasteiger partial charge is 0.302 e. The highest BCUT2D eigenvalue weighted by molar-refractivity contribution is 6.07. The van der Waals surface area contributed by atoms with E-state index in [-0.39, 0.29) is 17.7 Å². The molecule has 24 heavy (non-hydrogen) atoms. The molecule has 0 spiro atoms. The highest BCUT2D eigenvalue weighted by Gasteiger charge is 2.21. The number of carbonyl (C=O) groups is 2. The van der Waals surface area contributed by atoms with Crippen molar-refractivity contribution in [3.8, 4) is 0 Å². The Balaban J connectivity index is 2.23. The summed E-state index contributed by atoms with van der Waals surface area (Å²) in [5, 5.41) is 0. The van der Waals surface area contributed by atoms with Crippen molar-refractivity contribution in [1.29, 1.82) is 0 Å². The van der Waals surface area contributed by atoms with Gasteiger partial charge < -0.3 is 4.74 Å². The molecule has 3 heteroatoms. The fraction of sp³-hybridized carbons (Fsp3) is 0.619. The average Bonchev–Trinajstić information content (AvgIpc) is 2.90. The zero-order valence-corrected chi connectivity index (χ0v) is 15.3. The molecule has 0 aromatic rings. The van der Waals surface area contributed by atoms with Crippen LogP contribution in [0, 0.1) is 5.92 Å². The summed E-state index contributed by atoms with van der Waals surface area (Å²) in [6, 6.07) is 0. The Morgan fingerprint density at radius 3 is 2.67 bits per heavy atom. The predicted molar refractivity (Wildman–Crippen MR) is 98.7 cm³/mol. The monoisotopic (exact) mass is 332 g/mol. The van der Waals surface area contributed by atoms with Gasteiger partial charge in [-0.15, -0.1) is 0 Å². The van der Waals surface area contributed by atoms with Gasteiger partial charge in [0.1, 0.15) is 0 Å². The zero-order valence-electron chi connectivity index (χ0n) is 15.3. The summed E-state index contributed by atoms with van der Waals surface area (Å²) in [6.45, 7) is 4.15. The average molecular weight is 332 g/mol. The van der Waals surface area contributed by atoms with Gasteiger partial charge in [0.2, 0.25) is 0 Å². The number of ketones is 1. The van der Waals surface area contributed by atoms with Crippen LogP contribution in [0.4, 0.5) is 0 Å². The standard InChI is InChI=1S/C21H32O3/c1-3-4-5-7-11-14-20-19(15-16-21(20)23)13-10-8-6-9-12-17-24-18(2)22/h8,10,14-16,19H,3-7,9,11-13,17H2,1-2H3. The number of allylic oxidation sites excluding steroid dienone is 6. The molecule has 1 aliphatic carbocycles. The quantitative estimate of drug-likeness (QED) is 0.210. The molecule has 1 rings (SSSR count). The Bertz CT molecular complexity index is 471. The molecular formula is C21H32O3. The fourth-order valence-corrected chi connectivity index (χ4v) is 2.81. The molecule has 0 heterocycles. The lowest BCUT2D eigenvalue weighted by molar-refractivity contribution is -0.141. The van der Waals surface area contributed by atoms with Gasteiger partial charge in [0.25, 0.3) is 0 Å². The van der Waals surface area contributed by atoms with Gasteiger partial charge in [-0.25, -0.2) is 0 Å². The van der Waals surface area contributed by atoms with E-state index in [0.717, 1.165) is 37.7 Å². The number of rotatable bonds is 12. The van der Waals surface area contributed by atoms with Crippen LogP contribution in [0.25, 0.3) is 0 Å². The first-order valence-electron chi connectivity index (χ1n) is 9.36. The molecule has 1 unspecified atom stereocenters.